The van der Waals surface area contributed by atoms with E-state index in [0.29, 0.717) is 6.42 Å². The second kappa shape index (κ2) is 7.48. The van der Waals surface area contributed by atoms with Crippen LogP contribution >= 0.6 is 12.2 Å². The lowest BCUT2D eigenvalue weighted by molar-refractivity contribution is -0.127. The van der Waals surface area contributed by atoms with E-state index in [2.05, 4.69) is 10.6 Å². The lowest BCUT2D eigenvalue weighted by Crippen LogP contribution is -2.43. The van der Waals surface area contributed by atoms with Gasteiger partial charge in [-0.1, -0.05) is 42.5 Å². The van der Waals surface area contributed by atoms with Crippen LogP contribution in [0.4, 0.5) is 0 Å². The van der Waals surface area contributed by atoms with Gasteiger partial charge in [0.2, 0.25) is 11.8 Å². The van der Waals surface area contributed by atoms with Crippen LogP contribution in [0, 0.1) is 5.92 Å². The van der Waals surface area contributed by atoms with Gasteiger partial charge in [-0.2, -0.15) is 0 Å². The quantitative estimate of drug-likeness (QED) is 0.640. The molecule has 1 atom stereocenters. The van der Waals surface area contributed by atoms with E-state index in [1.54, 1.807) is 0 Å². The van der Waals surface area contributed by atoms with Gasteiger partial charge in [0.1, 0.15) is 0 Å². The zero-order valence-electron chi connectivity index (χ0n) is 10.7. The van der Waals surface area contributed by atoms with E-state index in [1.165, 1.54) is 7.05 Å². The highest BCUT2D eigenvalue weighted by Gasteiger charge is 2.22. The normalized spacial score (nSPS) is 11.4. The van der Waals surface area contributed by atoms with Gasteiger partial charge < -0.3 is 16.4 Å². The second-order valence-electron chi connectivity index (χ2n) is 4.04. The monoisotopic (exact) mass is 279 g/mol. The molecule has 0 aliphatic heterocycles. The number of benzene rings is 1. The van der Waals surface area contributed by atoms with Crippen molar-refractivity contribution >= 4 is 29.0 Å². The summed E-state index contributed by atoms with van der Waals surface area (Å²) in [6.45, 7) is -0.0801. The molecule has 1 rings (SSSR count). The van der Waals surface area contributed by atoms with Crippen LogP contribution in [0.3, 0.4) is 0 Å². The largest absolute Gasteiger partial charge is 0.393 e. The Balaban J connectivity index is 2.65. The molecule has 0 aromatic heterocycles. The molecule has 1 aromatic carbocycles. The molecule has 1 unspecified atom stereocenters. The Bertz CT molecular complexity index is 462. The van der Waals surface area contributed by atoms with Crippen molar-refractivity contribution in [1.82, 2.24) is 10.6 Å². The number of nitrogens with two attached hydrogens (primary N) is 1. The van der Waals surface area contributed by atoms with E-state index in [-0.39, 0.29) is 23.3 Å². The average Bonchev–Trinajstić information content (AvgIpc) is 2.42. The van der Waals surface area contributed by atoms with Crippen LogP contribution in [-0.4, -0.2) is 30.4 Å². The standard InChI is InChI=1S/C13H17N3O2S/c1-15-11(17)8-16-13(18)10(12(14)19)7-9-5-3-2-4-6-9/h2-6,10H,7-8H2,1H3,(H2,14,19)(H,15,17)(H,16,18). The highest BCUT2D eigenvalue weighted by atomic mass is 32.1. The van der Waals surface area contributed by atoms with Gasteiger partial charge in [0, 0.05) is 7.05 Å². The molecule has 0 spiro atoms. The molecule has 1 aromatic rings. The van der Waals surface area contributed by atoms with Crippen molar-refractivity contribution in [2.75, 3.05) is 13.6 Å². The minimum Gasteiger partial charge on any atom is -0.393 e. The Kier molecular flexibility index (Phi) is 5.95. The van der Waals surface area contributed by atoms with Crippen molar-refractivity contribution in [3.63, 3.8) is 0 Å². The van der Waals surface area contributed by atoms with E-state index in [0.717, 1.165) is 5.56 Å². The molecule has 19 heavy (non-hydrogen) atoms. The smallest absolute Gasteiger partial charge is 0.239 e. The molecular weight excluding hydrogens is 262 g/mol. The van der Waals surface area contributed by atoms with Gasteiger partial charge in [-0.05, 0) is 12.0 Å². The van der Waals surface area contributed by atoms with Crippen LogP contribution < -0.4 is 16.4 Å². The highest BCUT2D eigenvalue weighted by Crippen LogP contribution is 2.09. The predicted octanol–water partition coefficient (Wildman–Crippen LogP) is -0.00640. The number of carbonyl (C=O) groups is 2. The molecule has 0 aliphatic rings. The van der Waals surface area contributed by atoms with Gasteiger partial charge in [-0.3, -0.25) is 9.59 Å². The summed E-state index contributed by atoms with van der Waals surface area (Å²) < 4.78 is 0. The summed E-state index contributed by atoms with van der Waals surface area (Å²) in [6, 6.07) is 9.46. The first-order chi connectivity index (χ1) is 9.04. The highest BCUT2D eigenvalue weighted by molar-refractivity contribution is 7.80. The minimum absolute atomic E-state index is 0.0801. The molecule has 0 bridgehead atoms. The Hall–Kier alpha value is -1.95. The fraction of sp³-hybridized carbons (Fsp3) is 0.308. The third kappa shape index (κ3) is 5.05. The van der Waals surface area contributed by atoms with Crippen molar-refractivity contribution in [2.24, 2.45) is 11.7 Å². The second-order valence-corrected chi connectivity index (χ2v) is 4.51. The lowest BCUT2D eigenvalue weighted by atomic mass is 9.98. The van der Waals surface area contributed by atoms with Gasteiger partial charge >= 0.3 is 0 Å². The summed E-state index contributed by atoms with van der Waals surface area (Å²) in [7, 11) is 1.50. The van der Waals surface area contributed by atoms with E-state index in [9.17, 15) is 9.59 Å². The molecule has 6 heteroatoms. The Morgan fingerprint density at radius 2 is 1.95 bits per heavy atom. The van der Waals surface area contributed by atoms with Crippen molar-refractivity contribution in [1.29, 1.82) is 0 Å². The van der Waals surface area contributed by atoms with Crippen LogP contribution in [0.5, 0.6) is 0 Å². The first-order valence-electron chi connectivity index (χ1n) is 5.86. The molecular formula is C13H17N3O2S. The maximum absolute atomic E-state index is 12.0. The SMILES string of the molecule is CNC(=O)CNC(=O)C(Cc1ccccc1)C(N)=S. The summed E-state index contributed by atoms with van der Waals surface area (Å²) in [5.74, 6) is -1.21. The summed E-state index contributed by atoms with van der Waals surface area (Å²) >= 11 is 4.92. The van der Waals surface area contributed by atoms with Gasteiger partial charge in [0.25, 0.3) is 0 Å². The van der Waals surface area contributed by atoms with E-state index >= 15 is 0 Å². The van der Waals surface area contributed by atoms with Crippen molar-refractivity contribution in [3.8, 4) is 0 Å². The molecule has 2 amide bonds. The molecule has 0 saturated carbocycles. The molecule has 5 nitrogen and oxygen atoms in total. The van der Waals surface area contributed by atoms with Crippen LogP contribution in [0.15, 0.2) is 30.3 Å². The zero-order chi connectivity index (χ0) is 14.3. The number of amides is 2. The zero-order valence-corrected chi connectivity index (χ0v) is 11.5. The lowest BCUT2D eigenvalue weighted by Gasteiger charge is -2.15. The molecule has 0 saturated heterocycles. The van der Waals surface area contributed by atoms with Crippen LogP contribution in [0.2, 0.25) is 0 Å². The van der Waals surface area contributed by atoms with E-state index in [4.69, 9.17) is 18.0 Å². The Labute approximate surface area is 117 Å². The number of likely N-dealkylation sites (N-methyl/N-ethyl adjacent to an activating group) is 1. The van der Waals surface area contributed by atoms with E-state index < -0.39 is 5.92 Å². The van der Waals surface area contributed by atoms with Crippen molar-refractivity contribution in [3.05, 3.63) is 35.9 Å². The third-order valence-electron chi connectivity index (χ3n) is 2.64. The summed E-state index contributed by atoms with van der Waals surface area (Å²) in [4.78, 5) is 23.2. The van der Waals surface area contributed by atoms with Gasteiger partial charge in [-0.15, -0.1) is 0 Å². The minimum atomic E-state index is -0.609. The first kappa shape index (κ1) is 15.1. The molecule has 4 N–H and O–H groups in total. The number of hydrogen-bond donors (Lipinski definition) is 3. The van der Waals surface area contributed by atoms with Crippen molar-refractivity contribution in [2.45, 2.75) is 6.42 Å². The maximum Gasteiger partial charge on any atom is 0.239 e. The van der Waals surface area contributed by atoms with Crippen LogP contribution in [0.1, 0.15) is 5.56 Å². The number of nitrogens with one attached hydrogen (secondary N) is 2. The summed E-state index contributed by atoms with van der Waals surface area (Å²) in [6.07, 6.45) is 0.426. The fourth-order valence-electron chi connectivity index (χ4n) is 1.55. The van der Waals surface area contributed by atoms with Crippen LogP contribution in [-0.2, 0) is 16.0 Å². The number of thiocarbonyl (C=S) groups is 1. The summed E-state index contributed by atoms with van der Waals surface area (Å²) in [5, 5.41) is 4.94. The van der Waals surface area contributed by atoms with Gasteiger partial charge in [0.05, 0.1) is 17.5 Å². The third-order valence-corrected chi connectivity index (χ3v) is 2.93. The molecule has 0 fully saturated rings. The maximum atomic E-state index is 12.0. The number of hydrogen-bond acceptors (Lipinski definition) is 3. The molecule has 0 heterocycles. The van der Waals surface area contributed by atoms with Gasteiger partial charge in [-0.25, -0.2) is 0 Å². The topological polar surface area (TPSA) is 84.2 Å². The van der Waals surface area contributed by atoms with Crippen molar-refractivity contribution < 1.29 is 9.59 Å². The number of carbonyl (C=O) groups excluding carboxylic acids is 2. The van der Waals surface area contributed by atoms with Gasteiger partial charge in [0.15, 0.2) is 0 Å². The van der Waals surface area contributed by atoms with E-state index in [1.807, 2.05) is 30.3 Å². The molecule has 102 valence electrons. The fourth-order valence-corrected chi connectivity index (χ4v) is 1.74. The predicted molar refractivity (Wildman–Crippen MR) is 77.5 cm³/mol. The molecule has 0 aliphatic carbocycles. The average molecular weight is 279 g/mol. The first-order valence-corrected chi connectivity index (χ1v) is 6.27. The Morgan fingerprint density at radius 3 is 2.47 bits per heavy atom. The summed E-state index contributed by atoms with van der Waals surface area (Å²) in [5.41, 5.74) is 6.56. The van der Waals surface area contributed by atoms with Crippen LogP contribution in [0.25, 0.3) is 0 Å². The Morgan fingerprint density at radius 1 is 1.32 bits per heavy atom. The molecule has 0 radical (unpaired) electrons. The number of rotatable bonds is 6.